The second-order valence-corrected chi connectivity index (χ2v) is 6.66. The number of pyridine rings is 1. The zero-order chi connectivity index (χ0) is 17.1. The van der Waals surface area contributed by atoms with Crippen molar-refractivity contribution in [3.05, 3.63) is 24.2 Å². The number of nitrogens with zero attached hydrogens (tertiary/aromatic N) is 4. The van der Waals surface area contributed by atoms with E-state index in [4.69, 9.17) is 14.0 Å². The zero-order valence-electron chi connectivity index (χ0n) is 14.6. The molecular formula is C18H24N4O3. The van der Waals surface area contributed by atoms with Crippen molar-refractivity contribution in [2.45, 2.75) is 44.2 Å². The molecule has 0 aromatic carbocycles. The molecule has 25 heavy (non-hydrogen) atoms. The van der Waals surface area contributed by atoms with E-state index in [2.05, 4.69) is 20.0 Å². The van der Waals surface area contributed by atoms with Crippen LogP contribution in [0.2, 0.25) is 0 Å². The Morgan fingerprint density at radius 2 is 2.12 bits per heavy atom. The molecule has 2 aromatic heterocycles. The molecule has 0 unspecified atom stereocenters. The molecule has 4 rings (SSSR count). The lowest BCUT2D eigenvalue weighted by atomic mass is 9.91. The summed E-state index contributed by atoms with van der Waals surface area (Å²) in [5.41, 5.74) is 0.835. The van der Waals surface area contributed by atoms with Crippen LogP contribution in [0.4, 0.5) is 0 Å². The van der Waals surface area contributed by atoms with Crippen LogP contribution >= 0.6 is 0 Å². The summed E-state index contributed by atoms with van der Waals surface area (Å²) < 4.78 is 16.0. The molecule has 2 aliphatic rings. The van der Waals surface area contributed by atoms with Crippen LogP contribution in [-0.2, 0) is 4.74 Å². The minimum absolute atomic E-state index is 0.274. The molecule has 1 saturated carbocycles. The number of methoxy groups -OCH3 is 1. The van der Waals surface area contributed by atoms with Crippen molar-refractivity contribution in [2.75, 3.05) is 26.9 Å². The van der Waals surface area contributed by atoms with Crippen LogP contribution in [0.25, 0.3) is 11.4 Å². The average molecular weight is 344 g/mol. The largest absolute Gasteiger partial charge is 0.475 e. The van der Waals surface area contributed by atoms with E-state index >= 15 is 0 Å². The SMILES string of the molecule is COCCOc1ccc(-c2noc([C@@H]3CCCN3C3CCC3)n2)cn1. The monoisotopic (exact) mass is 344 g/mol. The van der Waals surface area contributed by atoms with Gasteiger partial charge in [0, 0.05) is 31.0 Å². The van der Waals surface area contributed by atoms with E-state index < -0.39 is 0 Å². The van der Waals surface area contributed by atoms with Gasteiger partial charge in [-0.25, -0.2) is 4.98 Å². The summed E-state index contributed by atoms with van der Waals surface area (Å²) in [6.45, 7) is 2.16. The minimum Gasteiger partial charge on any atom is -0.475 e. The lowest BCUT2D eigenvalue weighted by molar-refractivity contribution is 0.0966. The van der Waals surface area contributed by atoms with Gasteiger partial charge in [-0.1, -0.05) is 11.6 Å². The van der Waals surface area contributed by atoms with E-state index in [1.807, 2.05) is 12.1 Å². The fourth-order valence-corrected chi connectivity index (χ4v) is 3.52. The Morgan fingerprint density at radius 3 is 2.84 bits per heavy atom. The summed E-state index contributed by atoms with van der Waals surface area (Å²) in [5, 5.41) is 4.16. The van der Waals surface area contributed by atoms with Gasteiger partial charge in [0.2, 0.25) is 17.6 Å². The van der Waals surface area contributed by atoms with Crippen LogP contribution in [-0.4, -0.2) is 52.9 Å². The lowest BCUT2D eigenvalue weighted by Gasteiger charge is -2.37. The van der Waals surface area contributed by atoms with Crippen molar-refractivity contribution in [2.24, 2.45) is 0 Å². The second-order valence-electron chi connectivity index (χ2n) is 6.66. The van der Waals surface area contributed by atoms with Gasteiger partial charge in [-0.15, -0.1) is 0 Å². The van der Waals surface area contributed by atoms with Crippen LogP contribution in [0.5, 0.6) is 5.88 Å². The fraction of sp³-hybridized carbons (Fsp3) is 0.611. The minimum atomic E-state index is 0.274. The molecule has 1 saturated heterocycles. The fourth-order valence-electron chi connectivity index (χ4n) is 3.52. The predicted molar refractivity (Wildman–Crippen MR) is 91.2 cm³/mol. The van der Waals surface area contributed by atoms with Crippen LogP contribution in [0, 0.1) is 0 Å². The van der Waals surface area contributed by atoms with Gasteiger partial charge in [0.25, 0.3) is 0 Å². The molecule has 2 fully saturated rings. The quantitative estimate of drug-likeness (QED) is 0.715. The van der Waals surface area contributed by atoms with Crippen molar-refractivity contribution in [1.29, 1.82) is 0 Å². The molecule has 0 radical (unpaired) electrons. The number of likely N-dealkylation sites (tertiary alicyclic amines) is 1. The third-order valence-electron chi connectivity index (χ3n) is 5.10. The van der Waals surface area contributed by atoms with Crippen LogP contribution in [0.1, 0.15) is 44.0 Å². The summed E-state index contributed by atoms with van der Waals surface area (Å²) in [4.78, 5) is 11.5. The number of aromatic nitrogens is 3. The normalized spacial score (nSPS) is 21.4. The first-order valence-corrected chi connectivity index (χ1v) is 9.02. The van der Waals surface area contributed by atoms with Gasteiger partial charge < -0.3 is 14.0 Å². The maximum atomic E-state index is 5.58. The van der Waals surface area contributed by atoms with E-state index in [9.17, 15) is 0 Å². The molecule has 0 bridgehead atoms. The highest BCUT2D eigenvalue weighted by molar-refractivity contribution is 5.53. The molecule has 7 nitrogen and oxygen atoms in total. The van der Waals surface area contributed by atoms with Gasteiger partial charge in [0.15, 0.2) is 0 Å². The smallest absolute Gasteiger partial charge is 0.244 e. The Hall–Kier alpha value is -1.99. The number of hydrogen-bond donors (Lipinski definition) is 0. The van der Waals surface area contributed by atoms with E-state index in [0.717, 1.165) is 24.4 Å². The topological polar surface area (TPSA) is 73.5 Å². The Balaban J connectivity index is 1.43. The lowest BCUT2D eigenvalue weighted by Crippen LogP contribution is -2.39. The van der Waals surface area contributed by atoms with Gasteiger partial charge in [-0.05, 0) is 38.3 Å². The highest BCUT2D eigenvalue weighted by Gasteiger charge is 2.37. The van der Waals surface area contributed by atoms with E-state index in [1.165, 1.54) is 25.7 Å². The van der Waals surface area contributed by atoms with Crippen molar-refractivity contribution in [3.8, 4) is 17.3 Å². The molecule has 0 amide bonds. The van der Waals surface area contributed by atoms with Crippen LogP contribution < -0.4 is 4.74 Å². The first-order valence-electron chi connectivity index (χ1n) is 9.02. The zero-order valence-corrected chi connectivity index (χ0v) is 14.6. The summed E-state index contributed by atoms with van der Waals surface area (Å²) >= 11 is 0. The molecule has 1 aliphatic carbocycles. The average Bonchev–Trinajstić information content (AvgIpc) is 3.23. The Bertz CT molecular complexity index is 684. The van der Waals surface area contributed by atoms with E-state index in [-0.39, 0.29) is 6.04 Å². The molecule has 1 atom stereocenters. The molecular weight excluding hydrogens is 320 g/mol. The molecule has 0 spiro atoms. The Labute approximate surface area is 147 Å². The van der Waals surface area contributed by atoms with Gasteiger partial charge in [-0.3, -0.25) is 4.90 Å². The van der Waals surface area contributed by atoms with E-state index in [0.29, 0.717) is 31.0 Å². The van der Waals surface area contributed by atoms with Crippen molar-refractivity contribution < 1.29 is 14.0 Å². The summed E-state index contributed by atoms with van der Waals surface area (Å²) in [5.74, 6) is 1.89. The van der Waals surface area contributed by atoms with Crippen molar-refractivity contribution in [3.63, 3.8) is 0 Å². The standard InChI is InChI=1S/C18H24N4O3/c1-23-10-11-24-16-8-7-13(12-19-16)17-20-18(25-21-17)15-6-3-9-22(15)14-4-2-5-14/h7-8,12,14-15H,2-6,9-11H2,1H3/t15-/m0/s1. The highest BCUT2D eigenvalue weighted by Crippen LogP contribution is 2.38. The maximum absolute atomic E-state index is 5.58. The van der Waals surface area contributed by atoms with Crippen molar-refractivity contribution in [1.82, 2.24) is 20.0 Å². The molecule has 2 aromatic rings. The molecule has 0 N–H and O–H groups in total. The number of ether oxygens (including phenoxy) is 2. The predicted octanol–water partition coefficient (Wildman–Crippen LogP) is 2.85. The Morgan fingerprint density at radius 1 is 1.20 bits per heavy atom. The molecule has 7 heteroatoms. The van der Waals surface area contributed by atoms with Gasteiger partial charge >= 0.3 is 0 Å². The third kappa shape index (κ3) is 3.52. The van der Waals surface area contributed by atoms with Gasteiger partial charge in [0.1, 0.15) is 6.61 Å². The highest BCUT2D eigenvalue weighted by atomic mass is 16.5. The second kappa shape index (κ2) is 7.49. The first-order chi connectivity index (χ1) is 12.3. The van der Waals surface area contributed by atoms with Crippen LogP contribution in [0.3, 0.4) is 0 Å². The van der Waals surface area contributed by atoms with Gasteiger partial charge in [0.05, 0.1) is 12.6 Å². The molecule has 3 heterocycles. The molecule has 134 valence electrons. The maximum Gasteiger partial charge on any atom is 0.244 e. The van der Waals surface area contributed by atoms with E-state index in [1.54, 1.807) is 13.3 Å². The third-order valence-corrected chi connectivity index (χ3v) is 5.10. The van der Waals surface area contributed by atoms with Gasteiger partial charge in [-0.2, -0.15) is 4.98 Å². The summed E-state index contributed by atoms with van der Waals surface area (Å²) in [7, 11) is 1.64. The first kappa shape index (κ1) is 16.5. The number of hydrogen-bond acceptors (Lipinski definition) is 7. The molecule has 1 aliphatic heterocycles. The summed E-state index contributed by atoms with van der Waals surface area (Å²) in [6.07, 6.45) is 7.96. The summed E-state index contributed by atoms with van der Waals surface area (Å²) in [6, 6.07) is 4.70. The number of rotatable bonds is 7. The van der Waals surface area contributed by atoms with Crippen molar-refractivity contribution >= 4 is 0 Å². The van der Waals surface area contributed by atoms with Crippen LogP contribution in [0.15, 0.2) is 22.9 Å². The Kier molecular flexibility index (Phi) is 4.94.